The van der Waals surface area contributed by atoms with Crippen molar-refractivity contribution in [3.63, 3.8) is 0 Å². The zero-order valence-corrected chi connectivity index (χ0v) is 19.4. The lowest BCUT2D eigenvalue weighted by Crippen LogP contribution is -2.36. The van der Waals surface area contributed by atoms with Crippen LogP contribution in [0, 0.1) is 12.8 Å². The van der Waals surface area contributed by atoms with Crippen LogP contribution in [0.1, 0.15) is 33.0 Å². The summed E-state index contributed by atoms with van der Waals surface area (Å²) in [6, 6.07) is 25.4. The molecular weight excluding hydrogens is 412 g/mol. The van der Waals surface area contributed by atoms with Crippen LogP contribution in [-0.4, -0.2) is 48.9 Å². The van der Waals surface area contributed by atoms with Crippen molar-refractivity contribution in [3.8, 4) is 5.75 Å². The predicted molar refractivity (Wildman–Crippen MR) is 129 cm³/mol. The standard InChI is InChI=1S/C28H30N2O3/c1-20-12-14-22(15-13-20)27(31)30-18-25(23-10-7-11-24(16-23)33-3)26(19-30)28(32)29(2)17-21-8-5-4-6-9-21/h4-16,25-26H,17-19H2,1-3H3/t25-,26-/m1/s1. The Kier molecular flexibility index (Phi) is 6.78. The summed E-state index contributed by atoms with van der Waals surface area (Å²) in [6.45, 7) is 3.43. The Balaban J connectivity index is 1.60. The quantitative estimate of drug-likeness (QED) is 0.564. The SMILES string of the molecule is COc1cccc([C@H]2CN(C(=O)c3ccc(C)cc3)C[C@H]2C(=O)N(C)Cc2ccccc2)c1. The molecule has 0 aromatic heterocycles. The Hall–Kier alpha value is -3.60. The highest BCUT2D eigenvalue weighted by Crippen LogP contribution is 2.36. The zero-order valence-electron chi connectivity index (χ0n) is 19.4. The lowest BCUT2D eigenvalue weighted by molar-refractivity contribution is -0.134. The highest BCUT2D eigenvalue weighted by molar-refractivity contribution is 5.95. The number of hydrogen-bond donors (Lipinski definition) is 0. The largest absolute Gasteiger partial charge is 0.497 e. The highest BCUT2D eigenvalue weighted by atomic mass is 16.5. The van der Waals surface area contributed by atoms with E-state index >= 15 is 0 Å². The van der Waals surface area contributed by atoms with Crippen molar-refractivity contribution in [2.24, 2.45) is 5.92 Å². The van der Waals surface area contributed by atoms with Gasteiger partial charge in [-0.15, -0.1) is 0 Å². The molecule has 3 aromatic rings. The number of amides is 2. The van der Waals surface area contributed by atoms with Gasteiger partial charge in [0, 0.05) is 38.2 Å². The van der Waals surface area contributed by atoms with Gasteiger partial charge in [0.15, 0.2) is 0 Å². The van der Waals surface area contributed by atoms with Gasteiger partial charge in [0.2, 0.25) is 5.91 Å². The number of likely N-dealkylation sites (tertiary alicyclic amines) is 1. The maximum Gasteiger partial charge on any atom is 0.253 e. The summed E-state index contributed by atoms with van der Waals surface area (Å²) in [4.78, 5) is 30.4. The lowest BCUT2D eigenvalue weighted by atomic mass is 9.88. The van der Waals surface area contributed by atoms with Crippen LogP contribution in [0.5, 0.6) is 5.75 Å². The molecule has 0 unspecified atom stereocenters. The van der Waals surface area contributed by atoms with Gasteiger partial charge in [-0.3, -0.25) is 9.59 Å². The van der Waals surface area contributed by atoms with E-state index in [-0.39, 0.29) is 23.7 Å². The third kappa shape index (κ3) is 5.08. The smallest absolute Gasteiger partial charge is 0.253 e. The van der Waals surface area contributed by atoms with Gasteiger partial charge in [-0.2, -0.15) is 0 Å². The van der Waals surface area contributed by atoms with E-state index in [1.54, 1.807) is 12.0 Å². The molecule has 2 atom stereocenters. The average molecular weight is 443 g/mol. The van der Waals surface area contributed by atoms with E-state index < -0.39 is 0 Å². The number of ether oxygens (including phenoxy) is 1. The van der Waals surface area contributed by atoms with Crippen molar-refractivity contribution >= 4 is 11.8 Å². The topological polar surface area (TPSA) is 49.9 Å². The van der Waals surface area contributed by atoms with Crippen LogP contribution in [0.25, 0.3) is 0 Å². The Labute approximate surface area is 195 Å². The van der Waals surface area contributed by atoms with Crippen LogP contribution in [0.3, 0.4) is 0 Å². The number of nitrogens with zero attached hydrogens (tertiary/aromatic N) is 2. The summed E-state index contributed by atoms with van der Waals surface area (Å²) in [6.07, 6.45) is 0. The van der Waals surface area contributed by atoms with Gasteiger partial charge >= 0.3 is 0 Å². The van der Waals surface area contributed by atoms with Crippen molar-refractivity contribution in [2.75, 3.05) is 27.2 Å². The van der Waals surface area contributed by atoms with E-state index in [1.165, 1.54) is 0 Å². The van der Waals surface area contributed by atoms with E-state index in [4.69, 9.17) is 4.74 Å². The van der Waals surface area contributed by atoms with Crippen LogP contribution >= 0.6 is 0 Å². The van der Waals surface area contributed by atoms with E-state index in [9.17, 15) is 9.59 Å². The number of hydrogen-bond acceptors (Lipinski definition) is 3. The Morgan fingerprint density at radius 2 is 1.70 bits per heavy atom. The first-order chi connectivity index (χ1) is 16.0. The molecule has 1 saturated heterocycles. The zero-order chi connectivity index (χ0) is 23.4. The van der Waals surface area contributed by atoms with Crippen molar-refractivity contribution in [3.05, 3.63) is 101 Å². The van der Waals surface area contributed by atoms with Crippen molar-refractivity contribution in [1.82, 2.24) is 9.80 Å². The third-order valence-electron chi connectivity index (χ3n) is 6.38. The molecule has 1 aliphatic rings. The Bertz CT molecular complexity index is 1110. The molecule has 1 aliphatic heterocycles. The summed E-state index contributed by atoms with van der Waals surface area (Å²) in [5, 5.41) is 0. The highest BCUT2D eigenvalue weighted by Gasteiger charge is 2.41. The fourth-order valence-electron chi connectivity index (χ4n) is 4.53. The second-order valence-corrected chi connectivity index (χ2v) is 8.75. The third-order valence-corrected chi connectivity index (χ3v) is 6.38. The number of aryl methyl sites for hydroxylation is 1. The lowest BCUT2D eigenvalue weighted by Gasteiger charge is -2.25. The van der Waals surface area contributed by atoms with E-state index in [2.05, 4.69) is 0 Å². The normalized spacial score (nSPS) is 17.6. The fraction of sp³-hybridized carbons (Fsp3) is 0.286. The first kappa shape index (κ1) is 22.6. The summed E-state index contributed by atoms with van der Waals surface area (Å²) in [5.41, 5.74) is 3.85. The minimum atomic E-state index is -0.319. The molecular formula is C28H30N2O3. The molecule has 1 heterocycles. The molecule has 170 valence electrons. The molecule has 4 rings (SSSR count). The number of carbonyl (C=O) groups is 2. The van der Waals surface area contributed by atoms with Gasteiger partial charge in [-0.25, -0.2) is 0 Å². The molecule has 2 amide bonds. The number of carbonyl (C=O) groups excluding carboxylic acids is 2. The van der Waals surface area contributed by atoms with Gasteiger partial charge in [0.25, 0.3) is 5.91 Å². The maximum atomic E-state index is 13.6. The van der Waals surface area contributed by atoms with Gasteiger partial charge in [0.1, 0.15) is 5.75 Å². The van der Waals surface area contributed by atoms with Gasteiger partial charge in [-0.1, -0.05) is 60.2 Å². The monoisotopic (exact) mass is 442 g/mol. The van der Waals surface area contributed by atoms with Crippen LogP contribution < -0.4 is 4.74 Å². The average Bonchev–Trinajstić information content (AvgIpc) is 3.30. The molecule has 0 N–H and O–H groups in total. The van der Waals surface area contributed by atoms with Gasteiger partial charge in [0.05, 0.1) is 13.0 Å². The van der Waals surface area contributed by atoms with Crippen molar-refractivity contribution in [2.45, 2.75) is 19.4 Å². The van der Waals surface area contributed by atoms with Crippen LogP contribution in [0.2, 0.25) is 0 Å². The predicted octanol–water partition coefficient (Wildman–Crippen LogP) is 4.52. The molecule has 3 aromatic carbocycles. The number of benzene rings is 3. The second-order valence-electron chi connectivity index (χ2n) is 8.75. The Morgan fingerprint density at radius 3 is 2.39 bits per heavy atom. The molecule has 0 radical (unpaired) electrons. The molecule has 0 spiro atoms. The molecule has 0 saturated carbocycles. The summed E-state index contributed by atoms with van der Waals surface area (Å²) in [5.74, 6) is 0.342. The summed E-state index contributed by atoms with van der Waals surface area (Å²) in [7, 11) is 3.47. The number of methoxy groups -OCH3 is 1. The van der Waals surface area contributed by atoms with Gasteiger partial charge in [-0.05, 0) is 42.3 Å². The first-order valence-corrected chi connectivity index (χ1v) is 11.2. The fourth-order valence-corrected chi connectivity index (χ4v) is 4.53. The molecule has 5 heteroatoms. The van der Waals surface area contributed by atoms with E-state index in [0.717, 1.165) is 22.4 Å². The minimum Gasteiger partial charge on any atom is -0.497 e. The number of rotatable bonds is 6. The van der Waals surface area contributed by atoms with E-state index in [1.807, 2.05) is 97.7 Å². The van der Waals surface area contributed by atoms with Gasteiger partial charge < -0.3 is 14.5 Å². The molecule has 0 bridgehead atoms. The molecule has 5 nitrogen and oxygen atoms in total. The van der Waals surface area contributed by atoms with Crippen molar-refractivity contribution in [1.29, 1.82) is 0 Å². The maximum absolute atomic E-state index is 13.6. The van der Waals surface area contributed by atoms with E-state index in [0.29, 0.717) is 25.2 Å². The molecule has 0 aliphatic carbocycles. The van der Waals surface area contributed by atoms with Crippen LogP contribution in [-0.2, 0) is 11.3 Å². The van der Waals surface area contributed by atoms with Crippen molar-refractivity contribution < 1.29 is 14.3 Å². The molecule has 1 fully saturated rings. The van der Waals surface area contributed by atoms with Crippen LogP contribution in [0.4, 0.5) is 0 Å². The first-order valence-electron chi connectivity index (χ1n) is 11.2. The summed E-state index contributed by atoms with van der Waals surface area (Å²) >= 11 is 0. The minimum absolute atomic E-state index is 0.0380. The second kappa shape index (κ2) is 9.90. The Morgan fingerprint density at radius 1 is 0.970 bits per heavy atom. The van der Waals surface area contributed by atoms with Crippen LogP contribution in [0.15, 0.2) is 78.9 Å². The molecule has 33 heavy (non-hydrogen) atoms. The summed E-state index contributed by atoms with van der Waals surface area (Å²) < 4.78 is 5.42.